The molecule has 0 spiro atoms. The molecule has 31 heavy (non-hydrogen) atoms. The molecule has 2 aromatic rings. The number of benzene rings is 1. The molecule has 2 aliphatic heterocycles. The van der Waals surface area contributed by atoms with Crippen LogP contribution in [0.1, 0.15) is 50.4 Å². The standard InChI is InChI=1S/C24H29N3O4/c1-2-30-23(28)16-26-11-4-6-21(26)24(29)27-12-3-5-19(27)8-9-20-14-18-13-17(15-25)7-10-22(18)31-20/h7,10,13-14,19,21H,2-6,8-9,11-12,16H2,1H3/t19-,21+/m0/s1. The fourth-order valence-electron chi connectivity index (χ4n) is 4.88. The number of fused-ring (bicyclic) bond motifs is 1. The zero-order chi connectivity index (χ0) is 21.8. The number of carbonyl (C=O) groups excluding carboxylic acids is 2. The number of nitrogens with zero attached hydrogens (tertiary/aromatic N) is 3. The fourth-order valence-corrected chi connectivity index (χ4v) is 4.88. The molecule has 2 fully saturated rings. The van der Waals surface area contributed by atoms with Crippen LogP contribution in [-0.2, 0) is 20.7 Å². The first-order chi connectivity index (χ1) is 15.1. The van der Waals surface area contributed by atoms with E-state index in [0.717, 1.165) is 68.3 Å². The molecule has 7 heteroatoms. The number of furan rings is 1. The van der Waals surface area contributed by atoms with Gasteiger partial charge >= 0.3 is 5.97 Å². The lowest BCUT2D eigenvalue weighted by Gasteiger charge is -2.31. The molecular weight excluding hydrogens is 394 g/mol. The Bertz CT molecular complexity index is 992. The summed E-state index contributed by atoms with van der Waals surface area (Å²) >= 11 is 0. The number of carbonyl (C=O) groups is 2. The Morgan fingerprint density at radius 2 is 2.06 bits per heavy atom. The normalized spacial score (nSPS) is 21.5. The molecular formula is C24H29N3O4. The minimum atomic E-state index is -0.260. The third-order valence-corrected chi connectivity index (χ3v) is 6.37. The highest BCUT2D eigenvalue weighted by Crippen LogP contribution is 2.28. The predicted octanol–water partition coefficient (Wildman–Crippen LogP) is 3.26. The van der Waals surface area contributed by atoms with E-state index in [1.165, 1.54) is 0 Å². The van der Waals surface area contributed by atoms with Gasteiger partial charge in [-0.15, -0.1) is 0 Å². The van der Waals surface area contributed by atoms with E-state index < -0.39 is 0 Å². The molecule has 2 saturated heterocycles. The van der Waals surface area contributed by atoms with Crippen molar-refractivity contribution < 1.29 is 18.7 Å². The first-order valence-corrected chi connectivity index (χ1v) is 11.2. The number of hydrogen-bond donors (Lipinski definition) is 0. The number of likely N-dealkylation sites (tertiary alicyclic amines) is 2. The second-order valence-corrected chi connectivity index (χ2v) is 8.38. The molecule has 2 atom stereocenters. The van der Waals surface area contributed by atoms with Gasteiger partial charge in [0.1, 0.15) is 11.3 Å². The average molecular weight is 424 g/mol. The Labute approximate surface area is 182 Å². The Morgan fingerprint density at radius 3 is 2.87 bits per heavy atom. The lowest BCUT2D eigenvalue weighted by Crippen LogP contribution is -2.48. The molecule has 1 amide bonds. The van der Waals surface area contributed by atoms with Gasteiger partial charge in [-0.05, 0) is 69.8 Å². The summed E-state index contributed by atoms with van der Waals surface area (Å²) in [6.45, 7) is 3.88. The summed E-state index contributed by atoms with van der Waals surface area (Å²) in [5.74, 6) is 0.770. The molecule has 0 radical (unpaired) electrons. The van der Waals surface area contributed by atoms with E-state index in [2.05, 4.69) is 6.07 Å². The van der Waals surface area contributed by atoms with Gasteiger partial charge in [-0.1, -0.05) is 0 Å². The molecule has 0 aliphatic carbocycles. The van der Waals surface area contributed by atoms with Crippen LogP contribution in [0.25, 0.3) is 11.0 Å². The summed E-state index contributed by atoms with van der Waals surface area (Å²) in [5.41, 5.74) is 1.41. The summed E-state index contributed by atoms with van der Waals surface area (Å²) in [6, 6.07) is 9.56. The summed E-state index contributed by atoms with van der Waals surface area (Å²) in [7, 11) is 0. The van der Waals surface area contributed by atoms with Crippen molar-refractivity contribution in [1.82, 2.24) is 9.80 Å². The van der Waals surface area contributed by atoms with Crippen molar-refractivity contribution in [1.29, 1.82) is 5.26 Å². The minimum Gasteiger partial charge on any atom is -0.465 e. The highest BCUT2D eigenvalue weighted by molar-refractivity contribution is 5.84. The van der Waals surface area contributed by atoms with Crippen molar-refractivity contribution in [3.8, 4) is 6.07 Å². The molecule has 0 unspecified atom stereocenters. The van der Waals surface area contributed by atoms with Crippen LogP contribution in [0.15, 0.2) is 28.7 Å². The Kier molecular flexibility index (Phi) is 6.57. The van der Waals surface area contributed by atoms with Crippen LogP contribution in [0, 0.1) is 11.3 Å². The van der Waals surface area contributed by atoms with Gasteiger partial charge in [0, 0.05) is 24.4 Å². The molecule has 2 aliphatic rings. The summed E-state index contributed by atoms with van der Waals surface area (Å²) < 4.78 is 11.0. The fraction of sp³-hybridized carbons (Fsp3) is 0.542. The van der Waals surface area contributed by atoms with Crippen LogP contribution in [-0.4, -0.2) is 60.0 Å². The zero-order valence-corrected chi connectivity index (χ0v) is 18.0. The quantitative estimate of drug-likeness (QED) is 0.636. The van der Waals surface area contributed by atoms with Gasteiger partial charge in [0.2, 0.25) is 5.91 Å². The highest BCUT2D eigenvalue weighted by Gasteiger charge is 2.38. The van der Waals surface area contributed by atoms with Crippen molar-refractivity contribution in [3.05, 3.63) is 35.6 Å². The third-order valence-electron chi connectivity index (χ3n) is 6.37. The molecule has 0 bridgehead atoms. The van der Waals surface area contributed by atoms with Crippen LogP contribution >= 0.6 is 0 Å². The summed E-state index contributed by atoms with van der Waals surface area (Å²) in [6.07, 6.45) is 5.33. The zero-order valence-electron chi connectivity index (χ0n) is 18.0. The SMILES string of the molecule is CCOC(=O)CN1CCC[C@@H]1C(=O)N1CCC[C@H]1CCc1cc2cc(C#N)ccc2o1. The molecule has 0 N–H and O–H groups in total. The van der Waals surface area contributed by atoms with Crippen molar-refractivity contribution in [2.45, 2.75) is 57.5 Å². The second kappa shape index (κ2) is 9.52. The van der Waals surface area contributed by atoms with E-state index in [0.29, 0.717) is 12.2 Å². The number of esters is 1. The van der Waals surface area contributed by atoms with Gasteiger partial charge in [0.15, 0.2) is 0 Å². The van der Waals surface area contributed by atoms with E-state index in [-0.39, 0.29) is 30.5 Å². The van der Waals surface area contributed by atoms with Gasteiger partial charge in [-0.2, -0.15) is 5.26 Å². The van der Waals surface area contributed by atoms with Gasteiger partial charge in [0.05, 0.1) is 30.8 Å². The van der Waals surface area contributed by atoms with E-state index in [4.69, 9.17) is 14.4 Å². The minimum absolute atomic E-state index is 0.146. The summed E-state index contributed by atoms with van der Waals surface area (Å²) in [4.78, 5) is 29.2. The molecule has 4 rings (SSSR count). The Balaban J connectivity index is 1.38. The van der Waals surface area contributed by atoms with Crippen LogP contribution in [0.2, 0.25) is 0 Å². The number of hydrogen-bond acceptors (Lipinski definition) is 6. The maximum Gasteiger partial charge on any atom is 0.320 e. The topological polar surface area (TPSA) is 86.8 Å². The number of aryl methyl sites for hydroxylation is 1. The molecule has 1 aromatic carbocycles. The van der Waals surface area contributed by atoms with Crippen molar-refractivity contribution in [3.63, 3.8) is 0 Å². The monoisotopic (exact) mass is 423 g/mol. The molecule has 0 saturated carbocycles. The average Bonchev–Trinajstić information content (AvgIpc) is 3.50. The lowest BCUT2D eigenvalue weighted by atomic mass is 10.1. The second-order valence-electron chi connectivity index (χ2n) is 8.38. The number of nitriles is 1. The Hall–Kier alpha value is -2.85. The van der Waals surface area contributed by atoms with Crippen molar-refractivity contribution in [2.24, 2.45) is 0 Å². The van der Waals surface area contributed by atoms with Crippen LogP contribution in [0.4, 0.5) is 0 Å². The van der Waals surface area contributed by atoms with Crippen molar-refractivity contribution >= 4 is 22.8 Å². The Morgan fingerprint density at radius 1 is 1.23 bits per heavy atom. The molecule has 164 valence electrons. The van der Waals surface area contributed by atoms with Gasteiger partial charge < -0.3 is 14.1 Å². The maximum absolute atomic E-state index is 13.3. The first-order valence-electron chi connectivity index (χ1n) is 11.2. The molecule has 1 aromatic heterocycles. The van der Waals surface area contributed by atoms with Crippen LogP contribution in [0.5, 0.6) is 0 Å². The number of rotatable bonds is 7. The van der Waals surface area contributed by atoms with Gasteiger partial charge in [-0.3, -0.25) is 14.5 Å². The highest BCUT2D eigenvalue weighted by atomic mass is 16.5. The molecule has 7 nitrogen and oxygen atoms in total. The van der Waals surface area contributed by atoms with Crippen molar-refractivity contribution in [2.75, 3.05) is 26.2 Å². The lowest BCUT2D eigenvalue weighted by molar-refractivity contribution is -0.146. The maximum atomic E-state index is 13.3. The third kappa shape index (κ3) is 4.75. The number of amides is 1. The van der Waals surface area contributed by atoms with E-state index in [1.54, 1.807) is 13.0 Å². The van der Waals surface area contributed by atoms with E-state index >= 15 is 0 Å². The summed E-state index contributed by atoms with van der Waals surface area (Å²) in [5, 5.41) is 10.0. The van der Waals surface area contributed by atoms with Gasteiger partial charge in [-0.25, -0.2) is 0 Å². The first kappa shape index (κ1) is 21.4. The van der Waals surface area contributed by atoms with Crippen LogP contribution in [0.3, 0.4) is 0 Å². The smallest absolute Gasteiger partial charge is 0.320 e. The van der Waals surface area contributed by atoms with E-state index in [9.17, 15) is 9.59 Å². The van der Waals surface area contributed by atoms with Crippen LogP contribution < -0.4 is 0 Å². The van der Waals surface area contributed by atoms with E-state index in [1.807, 2.05) is 28.0 Å². The number of ether oxygens (including phenoxy) is 1. The van der Waals surface area contributed by atoms with Gasteiger partial charge in [0.25, 0.3) is 0 Å². The largest absolute Gasteiger partial charge is 0.465 e. The predicted molar refractivity (Wildman–Crippen MR) is 115 cm³/mol. The molecule has 3 heterocycles.